The minimum atomic E-state index is 0.835. The second kappa shape index (κ2) is 6.05. The van der Waals surface area contributed by atoms with Gasteiger partial charge in [-0.15, -0.1) is 0 Å². The summed E-state index contributed by atoms with van der Waals surface area (Å²) in [7, 11) is 0. The van der Waals surface area contributed by atoms with E-state index in [1.165, 1.54) is 57.9 Å². The lowest BCUT2D eigenvalue weighted by Crippen LogP contribution is -2.37. The lowest BCUT2D eigenvalue weighted by atomic mass is 9.79. The van der Waals surface area contributed by atoms with Gasteiger partial charge in [0.05, 0.1) is 0 Å². The third-order valence-corrected chi connectivity index (χ3v) is 4.83. The average molecular weight is 223 g/mol. The smallest absolute Gasteiger partial charge is 0.00699 e. The Morgan fingerprint density at radius 3 is 2.44 bits per heavy atom. The van der Waals surface area contributed by atoms with Gasteiger partial charge in [-0.25, -0.2) is 0 Å². The average Bonchev–Trinajstić information content (AvgIpc) is 2.79. The summed E-state index contributed by atoms with van der Waals surface area (Å²) in [4.78, 5) is 0. The van der Waals surface area contributed by atoms with Crippen molar-refractivity contribution >= 4 is 0 Å². The van der Waals surface area contributed by atoms with Crippen molar-refractivity contribution in [1.82, 2.24) is 5.32 Å². The van der Waals surface area contributed by atoms with Crippen LogP contribution in [0.1, 0.15) is 65.2 Å². The highest BCUT2D eigenvalue weighted by atomic mass is 14.9. The van der Waals surface area contributed by atoms with Gasteiger partial charge < -0.3 is 5.32 Å². The van der Waals surface area contributed by atoms with Crippen LogP contribution in [0.4, 0.5) is 0 Å². The molecule has 94 valence electrons. The van der Waals surface area contributed by atoms with E-state index in [1.807, 2.05) is 0 Å². The molecule has 2 unspecified atom stereocenters. The summed E-state index contributed by atoms with van der Waals surface area (Å²) in [6, 6.07) is 0.835. The molecule has 1 nitrogen and oxygen atoms in total. The summed E-state index contributed by atoms with van der Waals surface area (Å²) < 4.78 is 0. The van der Waals surface area contributed by atoms with E-state index in [-0.39, 0.29) is 0 Å². The standard InChI is InChI=1S/C15H29N/c1-12(2)14-8-5-9-15(10-14)16-11-13-6-3-4-7-13/h12-16H,3-11H2,1-2H3. The molecular weight excluding hydrogens is 194 g/mol. The summed E-state index contributed by atoms with van der Waals surface area (Å²) in [6.45, 7) is 6.09. The van der Waals surface area contributed by atoms with Crippen LogP contribution in [0.5, 0.6) is 0 Å². The Balaban J connectivity index is 1.68. The minimum Gasteiger partial charge on any atom is -0.314 e. The first kappa shape index (κ1) is 12.4. The van der Waals surface area contributed by atoms with Gasteiger partial charge in [0, 0.05) is 6.04 Å². The molecule has 16 heavy (non-hydrogen) atoms. The molecule has 0 saturated heterocycles. The maximum absolute atomic E-state index is 3.85. The van der Waals surface area contributed by atoms with Crippen LogP contribution in [0.2, 0.25) is 0 Å². The fourth-order valence-corrected chi connectivity index (χ4v) is 3.57. The molecule has 1 N–H and O–H groups in total. The molecular formula is C15H29N. The summed E-state index contributed by atoms with van der Waals surface area (Å²) in [5.41, 5.74) is 0. The molecule has 0 aromatic carbocycles. The van der Waals surface area contributed by atoms with E-state index in [0.717, 1.165) is 23.8 Å². The highest BCUT2D eigenvalue weighted by Crippen LogP contribution is 2.30. The lowest BCUT2D eigenvalue weighted by molar-refractivity contribution is 0.226. The Morgan fingerprint density at radius 2 is 1.75 bits per heavy atom. The number of hydrogen-bond acceptors (Lipinski definition) is 1. The molecule has 0 heterocycles. The third-order valence-electron chi connectivity index (χ3n) is 4.83. The normalized spacial score (nSPS) is 32.4. The maximum Gasteiger partial charge on any atom is 0.00699 e. The van der Waals surface area contributed by atoms with Gasteiger partial charge in [0.15, 0.2) is 0 Å². The molecule has 0 aliphatic heterocycles. The molecule has 2 fully saturated rings. The monoisotopic (exact) mass is 223 g/mol. The highest BCUT2D eigenvalue weighted by Gasteiger charge is 2.24. The molecule has 0 aromatic rings. The van der Waals surface area contributed by atoms with Crippen LogP contribution in [0.25, 0.3) is 0 Å². The maximum atomic E-state index is 3.85. The predicted molar refractivity (Wildman–Crippen MR) is 70.5 cm³/mol. The fourth-order valence-electron chi connectivity index (χ4n) is 3.57. The van der Waals surface area contributed by atoms with Crippen LogP contribution in [0.3, 0.4) is 0 Å². The Labute approximate surface area is 101 Å². The second-order valence-corrected chi connectivity index (χ2v) is 6.43. The van der Waals surface area contributed by atoms with Crippen molar-refractivity contribution in [3.63, 3.8) is 0 Å². The zero-order valence-electron chi connectivity index (χ0n) is 11.2. The van der Waals surface area contributed by atoms with Crippen LogP contribution >= 0.6 is 0 Å². The minimum absolute atomic E-state index is 0.835. The van der Waals surface area contributed by atoms with E-state index in [9.17, 15) is 0 Å². The second-order valence-electron chi connectivity index (χ2n) is 6.43. The number of nitrogens with one attached hydrogen (secondary N) is 1. The van der Waals surface area contributed by atoms with Gasteiger partial charge in [-0.3, -0.25) is 0 Å². The molecule has 2 atom stereocenters. The van der Waals surface area contributed by atoms with Crippen molar-refractivity contribution in [1.29, 1.82) is 0 Å². The van der Waals surface area contributed by atoms with Gasteiger partial charge >= 0.3 is 0 Å². The lowest BCUT2D eigenvalue weighted by Gasteiger charge is -2.32. The van der Waals surface area contributed by atoms with Crippen LogP contribution in [-0.2, 0) is 0 Å². The van der Waals surface area contributed by atoms with E-state index in [1.54, 1.807) is 0 Å². The SMILES string of the molecule is CC(C)C1CCCC(NCC2CCCC2)C1. The van der Waals surface area contributed by atoms with Crippen molar-refractivity contribution in [2.45, 2.75) is 71.3 Å². The first-order chi connectivity index (χ1) is 7.75. The quantitative estimate of drug-likeness (QED) is 0.760. The summed E-state index contributed by atoms with van der Waals surface area (Å²) in [5.74, 6) is 2.87. The van der Waals surface area contributed by atoms with Gasteiger partial charge in [0.25, 0.3) is 0 Å². The van der Waals surface area contributed by atoms with Crippen molar-refractivity contribution in [2.24, 2.45) is 17.8 Å². The summed E-state index contributed by atoms with van der Waals surface area (Å²) in [6.07, 6.45) is 11.7. The molecule has 0 spiro atoms. The largest absolute Gasteiger partial charge is 0.314 e. The topological polar surface area (TPSA) is 12.0 Å². The summed E-state index contributed by atoms with van der Waals surface area (Å²) >= 11 is 0. The van der Waals surface area contributed by atoms with Crippen molar-refractivity contribution in [2.75, 3.05) is 6.54 Å². The third kappa shape index (κ3) is 3.48. The Kier molecular flexibility index (Phi) is 4.69. The van der Waals surface area contributed by atoms with Crippen molar-refractivity contribution in [3.05, 3.63) is 0 Å². The molecule has 2 aliphatic carbocycles. The van der Waals surface area contributed by atoms with Crippen LogP contribution in [-0.4, -0.2) is 12.6 Å². The van der Waals surface area contributed by atoms with Gasteiger partial charge in [-0.2, -0.15) is 0 Å². The molecule has 0 aromatic heterocycles. The molecule has 1 heteroatoms. The first-order valence-electron chi connectivity index (χ1n) is 7.49. The molecule has 0 bridgehead atoms. The number of rotatable bonds is 4. The molecule has 2 rings (SSSR count). The van der Waals surface area contributed by atoms with E-state index < -0.39 is 0 Å². The Hall–Kier alpha value is -0.0400. The van der Waals surface area contributed by atoms with Gasteiger partial charge in [0.1, 0.15) is 0 Å². The Bertz CT molecular complexity index is 194. The Morgan fingerprint density at radius 1 is 1.00 bits per heavy atom. The molecule has 0 amide bonds. The van der Waals surface area contributed by atoms with Gasteiger partial charge in [-0.05, 0) is 50.0 Å². The van der Waals surface area contributed by atoms with Crippen molar-refractivity contribution in [3.8, 4) is 0 Å². The van der Waals surface area contributed by atoms with E-state index in [0.29, 0.717) is 0 Å². The number of hydrogen-bond donors (Lipinski definition) is 1. The van der Waals surface area contributed by atoms with Crippen LogP contribution in [0, 0.1) is 17.8 Å². The van der Waals surface area contributed by atoms with Crippen LogP contribution in [0.15, 0.2) is 0 Å². The predicted octanol–water partition coefficient (Wildman–Crippen LogP) is 3.98. The highest BCUT2D eigenvalue weighted by molar-refractivity contribution is 4.81. The first-order valence-corrected chi connectivity index (χ1v) is 7.49. The fraction of sp³-hybridized carbons (Fsp3) is 1.00. The summed E-state index contributed by atoms with van der Waals surface area (Å²) in [5, 5.41) is 3.85. The zero-order valence-corrected chi connectivity index (χ0v) is 11.2. The van der Waals surface area contributed by atoms with Crippen molar-refractivity contribution < 1.29 is 0 Å². The molecule has 0 radical (unpaired) electrons. The van der Waals surface area contributed by atoms with Gasteiger partial charge in [-0.1, -0.05) is 39.5 Å². The van der Waals surface area contributed by atoms with Crippen LogP contribution < -0.4 is 5.32 Å². The zero-order chi connectivity index (χ0) is 11.4. The van der Waals surface area contributed by atoms with E-state index >= 15 is 0 Å². The van der Waals surface area contributed by atoms with E-state index in [2.05, 4.69) is 19.2 Å². The molecule has 2 aliphatic rings. The van der Waals surface area contributed by atoms with E-state index in [4.69, 9.17) is 0 Å². The molecule has 2 saturated carbocycles. The van der Waals surface area contributed by atoms with Gasteiger partial charge in [0.2, 0.25) is 0 Å².